The molecule has 13 heteroatoms. The Hall–Kier alpha value is -2.96. The van der Waals surface area contributed by atoms with Crippen molar-refractivity contribution in [3.05, 3.63) is 23.3 Å². The zero-order valence-electron chi connectivity index (χ0n) is 19.2. The van der Waals surface area contributed by atoms with E-state index < -0.39 is 18.1 Å². The SMILES string of the molecule is Cc1cc(Nc2nccs2)nc(N2C[C@H](C(=O)O)C[C@H](C3CCCCC3)C2)n1.O=C(O)C(F)(F)F. The van der Waals surface area contributed by atoms with Gasteiger partial charge in [-0.05, 0) is 25.2 Å². The van der Waals surface area contributed by atoms with Crippen LogP contribution in [-0.2, 0) is 9.59 Å². The quantitative estimate of drug-likeness (QED) is 0.518. The van der Waals surface area contributed by atoms with Crippen LogP contribution in [0.25, 0.3) is 0 Å². The van der Waals surface area contributed by atoms with Crippen LogP contribution in [0.4, 0.5) is 30.1 Å². The number of alkyl halides is 3. The Morgan fingerprint density at radius 3 is 2.37 bits per heavy atom. The predicted molar refractivity (Wildman–Crippen MR) is 124 cm³/mol. The highest BCUT2D eigenvalue weighted by atomic mass is 32.1. The number of aryl methyl sites for hydroxylation is 1. The fourth-order valence-electron chi connectivity index (χ4n) is 4.58. The smallest absolute Gasteiger partial charge is 0.481 e. The number of anilines is 3. The molecule has 9 nitrogen and oxygen atoms in total. The second kappa shape index (κ2) is 11.6. The lowest BCUT2D eigenvalue weighted by Gasteiger charge is -2.41. The summed E-state index contributed by atoms with van der Waals surface area (Å²) in [6, 6.07) is 1.89. The molecule has 0 bridgehead atoms. The minimum Gasteiger partial charge on any atom is -0.481 e. The van der Waals surface area contributed by atoms with Crippen molar-refractivity contribution >= 4 is 40.2 Å². The van der Waals surface area contributed by atoms with E-state index in [0.717, 1.165) is 23.8 Å². The number of piperidine rings is 1. The highest BCUT2D eigenvalue weighted by Gasteiger charge is 2.38. The van der Waals surface area contributed by atoms with Crippen molar-refractivity contribution in [2.75, 3.05) is 23.3 Å². The second-order valence-corrected chi connectivity index (χ2v) is 9.69. The van der Waals surface area contributed by atoms with Gasteiger partial charge < -0.3 is 20.4 Å². The molecule has 3 N–H and O–H groups in total. The van der Waals surface area contributed by atoms with Crippen molar-refractivity contribution in [3.63, 3.8) is 0 Å². The molecule has 1 saturated heterocycles. The average Bonchev–Trinajstić information content (AvgIpc) is 3.32. The summed E-state index contributed by atoms with van der Waals surface area (Å²) in [5.74, 6) is -1.49. The number of carboxylic acid groups (broad SMARTS) is 2. The number of rotatable bonds is 5. The van der Waals surface area contributed by atoms with Crippen LogP contribution in [0.15, 0.2) is 17.6 Å². The molecule has 1 aliphatic carbocycles. The first-order valence-corrected chi connectivity index (χ1v) is 12.2. The molecule has 3 heterocycles. The topological polar surface area (TPSA) is 129 Å². The van der Waals surface area contributed by atoms with E-state index in [0.29, 0.717) is 30.1 Å². The van der Waals surface area contributed by atoms with Crippen molar-refractivity contribution in [2.45, 2.75) is 51.6 Å². The molecule has 2 atom stereocenters. The summed E-state index contributed by atoms with van der Waals surface area (Å²) < 4.78 is 31.7. The van der Waals surface area contributed by atoms with Gasteiger partial charge in [0.05, 0.1) is 5.92 Å². The van der Waals surface area contributed by atoms with E-state index in [-0.39, 0.29) is 5.92 Å². The van der Waals surface area contributed by atoms with Crippen molar-refractivity contribution in [1.29, 1.82) is 0 Å². The van der Waals surface area contributed by atoms with Crippen LogP contribution in [0.2, 0.25) is 0 Å². The van der Waals surface area contributed by atoms with E-state index >= 15 is 0 Å². The summed E-state index contributed by atoms with van der Waals surface area (Å²) in [5.41, 5.74) is 0.857. The largest absolute Gasteiger partial charge is 0.490 e. The summed E-state index contributed by atoms with van der Waals surface area (Å²) in [4.78, 5) is 36.4. The number of carboxylic acids is 2. The fourth-order valence-corrected chi connectivity index (χ4v) is 5.12. The maximum absolute atomic E-state index is 11.8. The lowest BCUT2D eigenvalue weighted by molar-refractivity contribution is -0.192. The molecule has 2 aromatic heterocycles. The number of halogens is 3. The van der Waals surface area contributed by atoms with E-state index in [1.54, 1.807) is 6.20 Å². The first-order chi connectivity index (χ1) is 16.5. The molecule has 2 aliphatic rings. The molecule has 0 aromatic carbocycles. The molecule has 0 radical (unpaired) electrons. The Balaban J connectivity index is 0.000000429. The Bertz CT molecular complexity index is 999. The van der Waals surface area contributed by atoms with Crippen LogP contribution < -0.4 is 10.2 Å². The number of carbonyl (C=O) groups is 2. The standard InChI is InChI=1S/C20H27N5O2S.C2HF3O2/c1-13-9-17(24-20-21-7-8-28-20)23-19(22-13)25-11-15(10-16(12-25)18(26)27)14-5-3-2-4-6-14;3-2(4,5)1(6)7/h7-9,14-16H,2-6,10-12H2,1H3,(H,26,27)(H,21,22,23,24);(H,6,7)/t15-,16+;/m0./s1. The molecule has 0 amide bonds. The Morgan fingerprint density at radius 1 is 1.11 bits per heavy atom. The van der Waals surface area contributed by atoms with E-state index in [1.165, 1.54) is 43.4 Å². The highest BCUT2D eigenvalue weighted by molar-refractivity contribution is 7.13. The Kier molecular flexibility index (Phi) is 8.87. The molecule has 35 heavy (non-hydrogen) atoms. The summed E-state index contributed by atoms with van der Waals surface area (Å²) >= 11 is 1.51. The Morgan fingerprint density at radius 2 is 1.80 bits per heavy atom. The number of aliphatic carboxylic acids is 2. The normalized spacial score (nSPS) is 21.1. The fraction of sp³-hybridized carbons (Fsp3) is 0.591. The van der Waals surface area contributed by atoms with Gasteiger partial charge in [-0.1, -0.05) is 32.1 Å². The van der Waals surface area contributed by atoms with Crippen molar-refractivity contribution < 1.29 is 33.0 Å². The molecule has 192 valence electrons. The first-order valence-electron chi connectivity index (χ1n) is 11.3. The number of aromatic nitrogens is 3. The van der Waals surface area contributed by atoms with Gasteiger partial charge in [-0.2, -0.15) is 18.2 Å². The van der Waals surface area contributed by atoms with Crippen LogP contribution in [0.5, 0.6) is 0 Å². The number of hydrogen-bond donors (Lipinski definition) is 3. The molecule has 2 fully saturated rings. The van der Waals surface area contributed by atoms with Crippen molar-refractivity contribution in [2.24, 2.45) is 17.8 Å². The maximum Gasteiger partial charge on any atom is 0.490 e. The van der Waals surface area contributed by atoms with Gasteiger partial charge in [0.15, 0.2) is 5.13 Å². The monoisotopic (exact) mass is 515 g/mol. The molecule has 2 aromatic rings. The summed E-state index contributed by atoms with van der Waals surface area (Å²) in [6.07, 6.45) is 3.71. The lowest BCUT2D eigenvalue weighted by atomic mass is 9.74. The Labute approximate surface area is 204 Å². The van der Waals surface area contributed by atoms with Gasteiger partial charge >= 0.3 is 18.1 Å². The first kappa shape index (κ1) is 26.6. The zero-order valence-corrected chi connectivity index (χ0v) is 20.0. The van der Waals surface area contributed by atoms with Crippen molar-refractivity contribution in [1.82, 2.24) is 15.0 Å². The van der Waals surface area contributed by atoms with E-state index in [2.05, 4.69) is 25.2 Å². The van der Waals surface area contributed by atoms with Crippen LogP contribution in [-0.4, -0.2) is 56.4 Å². The number of thiazole rings is 1. The number of hydrogen-bond acceptors (Lipinski definition) is 8. The van der Waals surface area contributed by atoms with E-state index in [9.17, 15) is 23.1 Å². The molecular weight excluding hydrogens is 487 g/mol. The van der Waals surface area contributed by atoms with Crippen LogP contribution in [0.3, 0.4) is 0 Å². The molecule has 0 unspecified atom stereocenters. The summed E-state index contributed by atoms with van der Waals surface area (Å²) in [6.45, 7) is 3.25. The van der Waals surface area contributed by atoms with E-state index in [4.69, 9.17) is 9.90 Å². The minimum atomic E-state index is -5.08. The molecule has 1 saturated carbocycles. The molecular formula is C22H28F3N5O4S. The van der Waals surface area contributed by atoms with Gasteiger partial charge in [-0.25, -0.2) is 14.8 Å². The third-order valence-electron chi connectivity index (χ3n) is 6.18. The highest BCUT2D eigenvalue weighted by Crippen LogP contribution is 2.37. The van der Waals surface area contributed by atoms with Gasteiger partial charge in [0, 0.05) is 36.4 Å². The van der Waals surface area contributed by atoms with E-state index in [1.807, 2.05) is 18.4 Å². The van der Waals surface area contributed by atoms with Gasteiger partial charge in [-0.3, -0.25) is 4.79 Å². The molecule has 0 spiro atoms. The van der Waals surface area contributed by atoms with Crippen LogP contribution in [0.1, 0.15) is 44.2 Å². The third kappa shape index (κ3) is 7.77. The van der Waals surface area contributed by atoms with Gasteiger partial charge in [0.25, 0.3) is 0 Å². The summed E-state index contributed by atoms with van der Waals surface area (Å²) in [7, 11) is 0. The van der Waals surface area contributed by atoms with Gasteiger partial charge in [0.1, 0.15) is 5.82 Å². The lowest BCUT2D eigenvalue weighted by Crippen LogP contribution is -2.46. The molecule has 1 aliphatic heterocycles. The molecule has 4 rings (SSSR count). The van der Waals surface area contributed by atoms with Crippen molar-refractivity contribution in [3.8, 4) is 0 Å². The number of nitrogens with one attached hydrogen (secondary N) is 1. The predicted octanol–water partition coefficient (Wildman–Crippen LogP) is 4.73. The number of nitrogens with zero attached hydrogens (tertiary/aromatic N) is 4. The van der Waals surface area contributed by atoms with Gasteiger partial charge in [0.2, 0.25) is 5.95 Å². The van der Waals surface area contributed by atoms with Crippen LogP contribution >= 0.6 is 11.3 Å². The zero-order chi connectivity index (χ0) is 25.6. The second-order valence-electron chi connectivity index (χ2n) is 8.79. The average molecular weight is 516 g/mol. The van der Waals surface area contributed by atoms with Crippen LogP contribution in [0, 0.1) is 24.7 Å². The minimum absolute atomic E-state index is 0.361. The summed E-state index contributed by atoms with van der Waals surface area (Å²) in [5, 5.41) is 22.8. The maximum atomic E-state index is 11.8. The van der Waals surface area contributed by atoms with Gasteiger partial charge in [-0.15, -0.1) is 11.3 Å². The third-order valence-corrected chi connectivity index (χ3v) is 6.87.